The molecule has 0 N–H and O–H groups in total. The number of aryl methyl sites for hydroxylation is 3. The van der Waals surface area contributed by atoms with Gasteiger partial charge in [0.05, 0.1) is 11.0 Å². The summed E-state index contributed by atoms with van der Waals surface area (Å²) in [7, 11) is -3.24. The zero-order valence-electron chi connectivity index (χ0n) is 34.1. The first kappa shape index (κ1) is 35.9. The molecule has 2 aromatic heterocycles. The van der Waals surface area contributed by atoms with Crippen molar-refractivity contribution in [3.8, 4) is 27.9 Å². The van der Waals surface area contributed by atoms with Crippen molar-refractivity contribution in [2.24, 2.45) is 0 Å². The van der Waals surface area contributed by atoms with E-state index < -0.39 is 8.07 Å². The molecule has 0 fully saturated rings. The quantitative estimate of drug-likeness (QED) is 0.116. The van der Waals surface area contributed by atoms with Crippen LogP contribution in [-0.4, -0.2) is 12.6 Å². The fraction of sp³-hybridized carbons (Fsp3) is 0.0526. The van der Waals surface area contributed by atoms with Crippen molar-refractivity contribution in [2.75, 3.05) is 0 Å². The van der Waals surface area contributed by atoms with Gasteiger partial charge >= 0.3 is 272 Å². The van der Waals surface area contributed by atoms with E-state index in [-0.39, 0.29) is 0 Å². The summed E-state index contributed by atoms with van der Waals surface area (Å²) in [6, 6.07) is 76.3. The van der Waals surface area contributed by atoms with Gasteiger partial charge in [0.15, 0.2) is 0 Å². The van der Waals surface area contributed by atoms with E-state index in [1.165, 1.54) is 75.9 Å². The van der Waals surface area contributed by atoms with Crippen molar-refractivity contribution in [1.82, 2.24) is 4.57 Å². The molecular weight excluding hydrogens is 743 g/mol. The van der Waals surface area contributed by atoms with Gasteiger partial charge in [0.25, 0.3) is 0 Å². The maximum atomic E-state index is 6.46. The summed E-state index contributed by atoms with van der Waals surface area (Å²) in [6.45, 7) is 6.87. The molecule has 0 bridgehead atoms. The fourth-order valence-corrected chi connectivity index (χ4v) is 16.9. The summed E-state index contributed by atoms with van der Waals surface area (Å²) in [5.41, 5.74) is 14.1. The topological polar surface area (TPSA) is 18.1 Å². The third-order valence-electron chi connectivity index (χ3n) is 13.2. The minimum atomic E-state index is -3.24. The molecule has 0 saturated carbocycles. The molecule has 0 aliphatic heterocycles. The van der Waals surface area contributed by atoms with E-state index >= 15 is 0 Å². The molecule has 11 aromatic rings. The van der Waals surface area contributed by atoms with Crippen molar-refractivity contribution >= 4 is 72.6 Å². The summed E-state index contributed by atoms with van der Waals surface area (Å²) >= 11 is 0. The Labute approximate surface area is 351 Å². The fourth-order valence-electron chi connectivity index (χ4n) is 10.4. The van der Waals surface area contributed by atoms with Gasteiger partial charge in [-0.1, -0.05) is 36.4 Å². The first-order valence-corrected chi connectivity index (χ1v) is 23.3. The van der Waals surface area contributed by atoms with Crippen LogP contribution in [0.1, 0.15) is 16.7 Å². The van der Waals surface area contributed by atoms with Gasteiger partial charge in [-0.3, -0.25) is 0 Å². The number of hydrogen-bond donors (Lipinski definition) is 0. The molecule has 0 spiro atoms. The van der Waals surface area contributed by atoms with E-state index in [4.69, 9.17) is 4.42 Å². The number of hydrogen-bond acceptors (Lipinski definition) is 1. The Morgan fingerprint density at radius 3 is 1.37 bits per heavy atom. The number of para-hydroxylation sites is 2. The minimum absolute atomic E-state index is 0.890. The Morgan fingerprint density at radius 2 is 0.800 bits per heavy atom. The molecule has 3 heteroatoms. The van der Waals surface area contributed by atoms with Crippen LogP contribution < -0.4 is 20.7 Å². The van der Waals surface area contributed by atoms with Gasteiger partial charge in [0.2, 0.25) is 0 Å². The van der Waals surface area contributed by atoms with E-state index in [0.29, 0.717) is 0 Å². The first-order chi connectivity index (χ1) is 29.5. The van der Waals surface area contributed by atoms with Crippen LogP contribution in [0.5, 0.6) is 0 Å². The van der Waals surface area contributed by atoms with Crippen molar-refractivity contribution in [3.05, 3.63) is 223 Å². The van der Waals surface area contributed by atoms with Crippen LogP contribution in [0.25, 0.3) is 71.7 Å². The molecule has 2 nitrogen and oxygen atoms in total. The molecule has 0 aliphatic carbocycles. The summed E-state index contributed by atoms with van der Waals surface area (Å²) < 4.78 is 8.83. The second-order valence-electron chi connectivity index (χ2n) is 16.5. The Balaban J connectivity index is 1.05. The van der Waals surface area contributed by atoms with Crippen molar-refractivity contribution in [1.29, 1.82) is 0 Å². The Morgan fingerprint density at radius 1 is 0.350 bits per heavy atom. The Kier molecular flexibility index (Phi) is 8.54. The predicted octanol–water partition coefficient (Wildman–Crippen LogP) is 12.1. The van der Waals surface area contributed by atoms with Gasteiger partial charge in [-0.2, -0.15) is 0 Å². The molecule has 288 valence electrons. The molecule has 60 heavy (non-hydrogen) atoms. The molecule has 0 radical (unpaired) electrons. The normalized spacial score (nSPS) is 12.2. The molecule has 0 atom stereocenters. The maximum absolute atomic E-state index is 6.46. The summed E-state index contributed by atoms with van der Waals surface area (Å²) in [6.07, 6.45) is 0. The van der Waals surface area contributed by atoms with Gasteiger partial charge in [0, 0.05) is 10.8 Å². The molecule has 0 unspecified atom stereocenters. The number of aromatic nitrogens is 1. The predicted molar refractivity (Wildman–Crippen MR) is 258 cm³/mol. The first-order valence-electron chi connectivity index (χ1n) is 21.0. The van der Waals surface area contributed by atoms with Gasteiger partial charge in [0.1, 0.15) is 0 Å². The molecule has 2 heterocycles. The molecular formula is C57H44NOSi-. The van der Waals surface area contributed by atoms with E-state index in [1.807, 2.05) is 0 Å². The van der Waals surface area contributed by atoms with Gasteiger partial charge in [-0.05, 0) is 18.2 Å². The van der Waals surface area contributed by atoms with E-state index in [9.17, 15) is 0 Å². The Bertz CT molecular complexity index is 3270. The summed E-state index contributed by atoms with van der Waals surface area (Å²) in [4.78, 5) is 0. The van der Waals surface area contributed by atoms with Crippen LogP contribution in [0.3, 0.4) is 0 Å². The number of nitrogens with zero attached hydrogens (tertiary/aromatic N) is 1. The van der Waals surface area contributed by atoms with Crippen molar-refractivity contribution in [3.63, 3.8) is 0 Å². The number of benzene rings is 9. The van der Waals surface area contributed by atoms with Crippen LogP contribution >= 0.6 is 0 Å². The molecule has 0 amide bonds. The van der Waals surface area contributed by atoms with Gasteiger partial charge in [-0.15, -0.1) is 0 Å². The Hall–Kier alpha value is -7.20. The van der Waals surface area contributed by atoms with Crippen LogP contribution in [-0.2, 0) is 0 Å². The van der Waals surface area contributed by atoms with Gasteiger partial charge < -0.3 is 4.57 Å². The molecule has 0 aliphatic rings. The second-order valence-corrected chi connectivity index (χ2v) is 20.8. The number of furan rings is 1. The average Bonchev–Trinajstić information content (AvgIpc) is 3.83. The summed E-state index contributed by atoms with van der Waals surface area (Å²) in [5.74, 6) is 0. The zero-order valence-corrected chi connectivity index (χ0v) is 35.2. The number of rotatable bonds is 7. The SMILES string of the molecule is Cc1ccccc1[SiH-](c1cccc(-c2cccc(-c3ccc4oc5ccc(-n6c7ccccc7c7ccccc76)cc5c4c3)c2)c1)(c1ccccc1C)c1ccccc1C. The number of fused-ring (bicyclic) bond motifs is 6. The molecule has 0 saturated heterocycles. The monoisotopic (exact) mass is 786 g/mol. The average molecular weight is 787 g/mol. The van der Waals surface area contributed by atoms with E-state index in [0.717, 1.165) is 33.2 Å². The van der Waals surface area contributed by atoms with E-state index in [2.05, 4.69) is 232 Å². The second kappa shape index (κ2) is 14.3. The third-order valence-corrected chi connectivity index (χ3v) is 19.3. The van der Waals surface area contributed by atoms with Crippen molar-refractivity contribution < 1.29 is 4.42 Å². The molecule has 9 aromatic carbocycles. The van der Waals surface area contributed by atoms with Crippen LogP contribution in [0.4, 0.5) is 0 Å². The molecule has 11 rings (SSSR count). The third kappa shape index (κ3) is 5.61. The van der Waals surface area contributed by atoms with Crippen LogP contribution in [0, 0.1) is 20.8 Å². The van der Waals surface area contributed by atoms with E-state index in [1.54, 1.807) is 0 Å². The standard InChI is InChI=1S/C57H44NOSi/c1-38-16-4-11-27-55(38)60(56-28-12-5-17-39(56)2,57-29-13-6-18-40(57)3)46-22-15-21-43(35-46)41-19-14-20-42(34-41)44-30-32-53-49(36-44)50-37-45(31-33-54(50)59-53)58-51-25-9-7-23-47(51)48-24-8-10-26-52(48)58/h4-37,60H,1-3H3/q-1. The van der Waals surface area contributed by atoms with Crippen LogP contribution in [0.15, 0.2) is 211 Å². The van der Waals surface area contributed by atoms with Crippen LogP contribution in [0.2, 0.25) is 0 Å². The van der Waals surface area contributed by atoms with Crippen molar-refractivity contribution in [2.45, 2.75) is 20.8 Å². The summed E-state index contributed by atoms with van der Waals surface area (Å²) in [5, 5.41) is 10.5. The van der Waals surface area contributed by atoms with Gasteiger partial charge in [-0.25, -0.2) is 0 Å². The zero-order chi connectivity index (χ0) is 40.4.